The van der Waals surface area contributed by atoms with Gasteiger partial charge in [0.1, 0.15) is 0 Å². The van der Waals surface area contributed by atoms with Crippen molar-refractivity contribution in [1.29, 1.82) is 0 Å². The Bertz CT molecular complexity index is 1510. The van der Waals surface area contributed by atoms with Gasteiger partial charge in [-0.05, 0) is 53.5 Å². The lowest BCUT2D eigenvalue weighted by atomic mass is 10.1. The van der Waals surface area contributed by atoms with Gasteiger partial charge in [-0.2, -0.15) is 26.0 Å². The minimum Gasteiger partial charge on any atom is -0.337 e. The topological polar surface area (TPSA) is 92.3 Å². The highest BCUT2D eigenvalue weighted by Crippen LogP contribution is 2.34. The molecule has 0 spiro atoms. The monoisotopic (exact) mass is 540 g/mol. The van der Waals surface area contributed by atoms with E-state index >= 15 is 0 Å². The predicted molar refractivity (Wildman–Crippen MR) is 127 cm³/mol. The maximum atomic E-state index is 13.4. The molecule has 4 aromatic rings. The zero-order valence-electron chi connectivity index (χ0n) is 17.9. The van der Waals surface area contributed by atoms with E-state index in [2.05, 4.69) is 14.1 Å². The van der Waals surface area contributed by atoms with E-state index in [4.69, 9.17) is 11.6 Å². The van der Waals surface area contributed by atoms with E-state index in [-0.39, 0.29) is 17.5 Å². The third-order valence-electron chi connectivity index (χ3n) is 5.00. The summed E-state index contributed by atoms with van der Waals surface area (Å²) in [6.45, 7) is 0.116. The number of fused-ring (bicyclic) bond motifs is 1. The molecular formula is C22H16ClF3N4O3S2. The van der Waals surface area contributed by atoms with Crippen LogP contribution < -0.4 is 4.72 Å². The lowest BCUT2D eigenvalue weighted by molar-refractivity contribution is -0.137. The Hall–Kier alpha value is -3.22. The van der Waals surface area contributed by atoms with Crippen molar-refractivity contribution in [1.82, 2.24) is 14.3 Å². The Morgan fingerprint density at radius 3 is 2.54 bits per heavy atom. The maximum Gasteiger partial charge on any atom is 0.416 e. The number of carbonyl (C=O) groups excluding carboxylic acids is 1. The molecule has 7 nitrogen and oxygen atoms in total. The van der Waals surface area contributed by atoms with Crippen molar-refractivity contribution in [2.24, 2.45) is 0 Å². The van der Waals surface area contributed by atoms with E-state index in [0.29, 0.717) is 15.8 Å². The number of hydrogen-bond donors (Lipinski definition) is 1. The number of sulfonamides is 1. The molecule has 0 radical (unpaired) electrons. The zero-order chi connectivity index (χ0) is 25.4. The number of hydrogen-bond acceptors (Lipinski definition) is 6. The fourth-order valence-electron chi connectivity index (χ4n) is 3.31. The molecule has 2 heterocycles. The number of benzene rings is 2. The van der Waals surface area contributed by atoms with Gasteiger partial charge < -0.3 is 4.90 Å². The average Bonchev–Trinajstić information content (AvgIpc) is 3.28. The second-order valence-corrected chi connectivity index (χ2v) is 10.4. The van der Waals surface area contributed by atoms with Gasteiger partial charge in [-0.3, -0.25) is 9.52 Å². The molecule has 2 aromatic carbocycles. The lowest BCUT2D eigenvalue weighted by Crippen LogP contribution is -2.28. The number of halogens is 4. The molecule has 0 bridgehead atoms. The Morgan fingerprint density at radius 2 is 1.86 bits per heavy atom. The zero-order valence-corrected chi connectivity index (χ0v) is 20.3. The SMILES string of the molecule is CN(Cc1ccc(Cl)cc1)C(=O)c1ccc(C(F)(F)F)cc1NS(=O)(=O)c1nccc2sncc12. The third-order valence-corrected chi connectivity index (χ3v) is 7.34. The average molecular weight is 541 g/mol. The summed E-state index contributed by atoms with van der Waals surface area (Å²) in [6, 6.07) is 10.5. The highest BCUT2D eigenvalue weighted by Gasteiger charge is 2.33. The molecule has 182 valence electrons. The molecule has 0 saturated heterocycles. The van der Waals surface area contributed by atoms with Crippen LogP contribution in [0.2, 0.25) is 5.02 Å². The largest absolute Gasteiger partial charge is 0.416 e. The van der Waals surface area contributed by atoms with Crippen molar-refractivity contribution < 1.29 is 26.4 Å². The van der Waals surface area contributed by atoms with E-state index < -0.39 is 38.4 Å². The Kier molecular flexibility index (Phi) is 6.71. The standard InChI is InChI=1S/C22H16ClF3N4O3S2/c1-30(12-13-2-5-15(23)6-3-13)21(31)16-7-4-14(22(24,25)26)10-18(16)29-35(32,33)20-17-11-28-34-19(17)8-9-27-20/h2-11,29H,12H2,1H3. The van der Waals surface area contributed by atoms with Crippen LogP contribution in [0.1, 0.15) is 21.5 Å². The summed E-state index contributed by atoms with van der Waals surface area (Å²) in [5.74, 6) is -0.685. The van der Waals surface area contributed by atoms with Gasteiger partial charge in [0.2, 0.25) is 0 Å². The molecule has 4 rings (SSSR count). The molecule has 0 atom stereocenters. The Morgan fingerprint density at radius 1 is 1.14 bits per heavy atom. The van der Waals surface area contributed by atoms with Crippen LogP contribution >= 0.6 is 23.1 Å². The highest BCUT2D eigenvalue weighted by molar-refractivity contribution is 7.92. The summed E-state index contributed by atoms with van der Waals surface area (Å²) in [6.07, 6.45) is -2.20. The van der Waals surface area contributed by atoms with Gasteiger partial charge >= 0.3 is 6.18 Å². The number of anilines is 1. The number of alkyl halides is 3. The molecule has 13 heteroatoms. The summed E-state index contributed by atoms with van der Waals surface area (Å²) in [4.78, 5) is 18.3. The van der Waals surface area contributed by atoms with E-state index in [0.717, 1.165) is 29.2 Å². The summed E-state index contributed by atoms with van der Waals surface area (Å²) in [5, 5.41) is 0.311. The van der Waals surface area contributed by atoms with Crippen molar-refractivity contribution in [3.63, 3.8) is 0 Å². The smallest absolute Gasteiger partial charge is 0.337 e. The lowest BCUT2D eigenvalue weighted by Gasteiger charge is -2.21. The van der Waals surface area contributed by atoms with Gasteiger partial charge in [-0.15, -0.1) is 0 Å². The summed E-state index contributed by atoms with van der Waals surface area (Å²) in [7, 11) is -3.01. The van der Waals surface area contributed by atoms with Crippen molar-refractivity contribution >= 4 is 54.8 Å². The number of carbonyl (C=O) groups is 1. The first-order valence-corrected chi connectivity index (χ1v) is 12.5. The molecular weight excluding hydrogens is 525 g/mol. The number of nitrogens with one attached hydrogen (secondary N) is 1. The van der Waals surface area contributed by atoms with Gasteiger partial charge in [-0.25, -0.2) is 4.98 Å². The first-order chi connectivity index (χ1) is 16.5. The summed E-state index contributed by atoms with van der Waals surface area (Å²) >= 11 is 6.92. The maximum absolute atomic E-state index is 13.4. The molecule has 2 aromatic heterocycles. The van der Waals surface area contributed by atoms with Gasteiger partial charge in [0.15, 0.2) is 5.03 Å². The van der Waals surface area contributed by atoms with Crippen molar-refractivity contribution in [3.8, 4) is 0 Å². The molecule has 1 amide bonds. The molecule has 0 aliphatic carbocycles. The number of amides is 1. The molecule has 1 N–H and O–H groups in total. The van der Waals surface area contributed by atoms with Gasteiger partial charge in [0.25, 0.3) is 15.9 Å². The van der Waals surface area contributed by atoms with Gasteiger partial charge in [0.05, 0.1) is 33.1 Å². The van der Waals surface area contributed by atoms with E-state index in [1.165, 1.54) is 24.3 Å². The Balaban J connectivity index is 1.72. The molecule has 35 heavy (non-hydrogen) atoms. The highest BCUT2D eigenvalue weighted by atomic mass is 35.5. The fraction of sp³-hybridized carbons (Fsp3) is 0.136. The first kappa shape index (κ1) is 24.9. The summed E-state index contributed by atoms with van der Waals surface area (Å²) in [5.41, 5.74) is -1.17. The van der Waals surface area contributed by atoms with Crippen molar-refractivity contribution in [2.75, 3.05) is 11.8 Å². The number of aromatic nitrogens is 2. The van der Waals surface area contributed by atoms with Crippen LogP contribution in [-0.2, 0) is 22.7 Å². The third kappa shape index (κ3) is 5.39. The van der Waals surface area contributed by atoms with Crippen molar-refractivity contribution in [2.45, 2.75) is 17.7 Å². The number of rotatable bonds is 6. The number of pyridine rings is 1. The van der Waals surface area contributed by atoms with Crippen LogP contribution in [0.25, 0.3) is 10.1 Å². The van der Waals surface area contributed by atoms with Crippen LogP contribution in [0, 0.1) is 0 Å². The molecule has 0 aliphatic rings. The van der Waals surface area contributed by atoms with Crippen LogP contribution in [0.5, 0.6) is 0 Å². The molecule has 0 aliphatic heterocycles. The Labute approximate surface area is 207 Å². The van der Waals surface area contributed by atoms with Crippen LogP contribution in [0.15, 0.2) is 66.0 Å². The quantitative estimate of drug-likeness (QED) is 0.352. The second kappa shape index (κ2) is 9.44. The van der Waals surface area contributed by atoms with Crippen LogP contribution in [-0.4, -0.2) is 35.6 Å². The molecule has 0 unspecified atom stereocenters. The van der Waals surface area contributed by atoms with E-state index in [1.807, 2.05) is 0 Å². The summed E-state index contributed by atoms with van der Waals surface area (Å²) < 4.78 is 73.0. The minimum absolute atomic E-state index is 0.116. The first-order valence-electron chi connectivity index (χ1n) is 9.89. The van der Waals surface area contributed by atoms with Crippen LogP contribution in [0.4, 0.5) is 18.9 Å². The van der Waals surface area contributed by atoms with E-state index in [9.17, 15) is 26.4 Å². The molecule has 0 saturated carbocycles. The van der Waals surface area contributed by atoms with Crippen molar-refractivity contribution in [3.05, 3.63) is 82.6 Å². The normalized spacial score (nSPS) is 12.0. The predicted octanol–water partition coefficient (Wildman–Crippen LogP) is 5.44. The van der Waals surface area contributed by atoms with Gasteiger partial charge in [0, 0.05) is 24.8 Å². The van der Waals surface area contributed by atoms with Crippen LogP contribution in [0.3, 0.4) is 0 Å². The second-order valence-electron chi connectivity index (χ2n) is 7.51. The minimum atomic E-state index is -4.76. The number of nitrogens with zero attached hydrogens (tertiary/aromatic N) is 3. The molecule has 0 fully saturated rings. The fourth-order valence-corrected chi connectivity index (χ4v) is 5.35. The van der Waals surface area contributed by atoms with Gasteiger partial charge in [-0.1, -0.05) is 23.7 Å². The van der Waals surface area contributed by atoms with E-state index in [1.54, 1.807) is 30.3 Å².